The second-order valence-electron chi connectivity index (χ2n) is 4.60. The minimum absolute atomic E-state index is 0.0677. The number of ether oxygens (including phenoxy) is 1. The fraction of sp³-hybridized carbons (Fsp3) is 0.462. The Labute approximate surface area is 96.8 Å². The van der Waals surface area contributed by atoms with Gasteiger partial charge < -0.3 is 10.1 Å². The summed E-state index contributed by atoms with van der Waals surface area (Å²) >= 11 is 0. The summed E-state index contributed by atoms with van der Waals surface area (Å²) < 4.78 is 5.69. The van der Waals surface area contributed by atoms with E-state index < -0.39 is 0 Å². The number of nitrogens with one attached hydrogen (secondary N) is 1. The van der Waals surface area contributed by atoms with E-state index in [2.05, 4.69) is 5.32 Å². The van der Waals surface area contributed by atoms with Gasteiger partial charge in [0.2, 0.25) is 0 Å². The van der Waals surface area contributed by atoms with Crippen LogP contribution in [0.2, 0.25) is 0 Å². The zero-order valence-corrected chi connectivity index (χ0v) is 10.3. The highest BCUT2D eigenvalue weighted by atomic mass is 16.5. The predicted octanol–water partition coefficient (Wildman–Crippen LogP) is 2.61. The molecule has 1 rings (SSSR count). The first-order chi connectivity index (χ1) is 7.42. The van der Waals surface area contributed by atoms with Crippen LogP contribution < -0.4 is 10.1 Å². The van der Waals surface area contributed by atoms with Crippen molar-refractivity contribution < 1.29 is 9.53 Å². The van der Waals surface area contributed by atoms with E-state index >= 15 is 0 Å². The van der Waals surface area contributed by atoms with Gasteiger partial charge in [-0.3, -0.25) is 4.79 Å². The van der Waals surface area contributed by atoms with Gasteiger partial charge in [0.25, 0.3) is 5.91 Å². The molecule has 0 unspecified atom stereocenters. The van der Waals surface area contributed by atoms with Gasteiger partial charge in [-0.05, 0) is 45.9 Å². The molecule has 1 amide bonds. The third-order valence-electron chi connectivity index (χ3n) is 1.86. The topological polar surface area (TPSA) is 38.3 Å². The molecule has 3 heteroatoms. The number of amides is 1. The fourth-order valence-corrected chi connectivity index (χ4v) is 1.32. The van der Waals surface area contributed by atoms with Gasteiger partial charge >= 0.3 is 0 Å². The first kappa shape index (κ1) is 12.6. The van der Waals surface area contributed by atoms with Crippen molar-refractivity contribution in [3.8, 4) is 5.75 Å². The molecule has 1 aromatic carbocycles. The van der Waals surface area contributed by atoms with Gasteiger partial charge in [0.1, 0.15) is 11.4 Å². The Morgan fingerprint density at radius 2 is 2.06 bits per heavy atom. The van der Waals surface area contributed by atoms with Crippen molar-refractivity contribution >= 4 is 5.91 Å². The van der Waals surface area contributed by atoms with Gasteiger partial charge in [0.15, 0.2) is 0 Å². The first-order valence-corrected chi connectivity index (χ1v) is 5.49. The number of hydrogen-bond acceptors (Lipinski definition) is 2. The maximum atomic E-state index is 11.6. The van der Waals surface area contributed by atoms with Crippen LogP contribution in [0.3, 0.4) is 0 Å². The summed E-state index contributed by atoms with van der Waals surface area (Å²) in [5, 5.41) is 2.76. The Morgan fingerprint density at radius 3 is 2.62 bits per heavy atom. The highest BCUT2D eigenvalue weighted by molar-refractivity contribution is 5.94. The first-order valence-electron chi connectivity index (χ1n) is 5.49. The summed E-state index contributed by atoms with van der Waals surface area (Å²) in [6, 6.07) is 7.22. The molecule has 0 aliphatic heterocycles. The Morgan fingerprint density at radius 1 is 1.38 bits per heavy atom. The smallest absolute Gasteiger partial charge is 0.251 e. The lowest BCUT2D eigenvalue weighted by molar-refractivity contribution is 0.0952. The Balaban J connectivity index is 2.83. The van der Waals surface area contributed by atoms with Crippen molar-refractivity contribution in [3.05, 3.63) is 29.8 Å². The molecule has 0 saturated heterocycles. The maximum absolute atomic E-state index is 11.6. The lowest BCUT2D eigenvalue weighted by Crippen LogP contribution is -2.24. The molecular weight excluding hydrogens is 202 g/mol. The molecule has 0 atom stereocenters. The Hall–Kier alpha value is -1.51. The summed E-state index contributed by atoms with van der Waals surface area (Å²) in [5.74, 6) is 0.651. The van der Waals surface area contributed by atoms with Crippen LogP contribution >= 0.6 is 0 Å². The van der Waals surface area contributed by atoms with Crippen molar-refractivity contribution in [2.24, 2.45) is 0 Å². The molecule has 3 nitrogen and oxygen atoms in total. The van der Waals surface area contributed by atoms with Gasteiger partial charge in [-0.1, -0.05) is 6.07 Å². The van der Waals surface area contributed by atoms with Gasteiger partial charge in [-0.25, -0.2) is 0 Å². The minimum atomic E-state index is -0.250. The van der Waals surface area contributed by atoms with Crippen molar-refractivity contribution in [3.63, 3.8) is 0 Å². The molecule has 0 aliphatic carbocycles. The molecule has 0 saturated carbocycles. The highest BCUT2D eigenvalue weighted by Crippen LogP contribution is 2.19. The molecule has 1 aromatic rings. The van der Waals surface area contributed by atoms with Gasteiger partial charge in [0.05, 0.1) is 0 Å². The number of benzene rings is 1. The van der Waals surface area contributed by atoms with Gasteiger partial charge in [0, 0.05) is 12.1 Å². The summed E-state index contributed by atoms with van der Waals surface area (Å²) in [6.45, 7) is 8.46. The SMILES string of the molecule is CCNC(=O)c1cccc(OC(C)(C)C)c1. The molecule has 0 bridgehead atoms. The molecule has 1 N–H and O–H groups in total. The van der Waals surface area contributed by atoms with Crippen LogP contribution in [0.15, 0.2) is 24.3 Å². The zero-order valence-electron chi connectivity index (χ0n) is 10.3. The Bertz CT molecular complexity index is 366. The van der Waals surface area contributed by atoms with E-state index in [-0.39, 0.29) is 11.5 Å². The summed E-state index contributed by atoms with van der Waals surface area (Å²) in [6.07, 6.45) is 0. The van der Waals surface area contributed by atoms with E-state index in [1.165, 1.54) is 0 Å². The lowest BCUT2D eigenvalue weighted by Gasteiger charge is -2.21. The minimum Gasteiger partial charge on any atom is -0.488 e. The standard InChI is InChI=1S/C13H19NO2/c1-5-14-12(15)10-7-6-8-11(9-10)16-13(2,3)4/h6-9H,5H2,1-4H3,(H,14,15). The van der Waals surface area contributed by atoms with Crippen LogP contribution in [-0.2, 0) is 0 Å². The van der Waals surface area contributed by atoms with Crippen LogP contribution in [0.5, 0.6) is 5.75 Å². The van der Waals surface area contributed by atoms with E-state index in [1.807, 2.05) is 39.8 Å². The quantitative estimate of drug-likeness (QED) is 0.852. The second-order valence-corrected chi connectivity index (χ2v) is 4.60. The molecule has 0 heterocycles. The molecule has 0 fully saturated rings. The largest absolute Gasteiger partial charge is 0.488 e. The third kappa shape index (κ3) is 3.93. The molecular formula is C13H19NO2. The highest BCUT2D eigenvalue weighted by Gasteiger charge is 2.13. The fourth-order valence-electron chi connectivity index (χ4n) is 1.32. The molecule has 0 spiro atoms. The monoisotopic (exact) mass is 221 g/mol. The molecule has 0 aliphatic rings. The number of carbonyl (C=O) groups is 1. The normalized spacial score (nSPS) is 11.0. The second kappa shape index (κ2) is 5.01. The van der Waals surface area contributed by atoms with Crippen molar-refractivity contribution in [2.75, 3.05) is 6.54 Å². The zero-order chi connectivity index (χ0) is 12.2. The van der Waals surface area contributed by atoms with Crippen LogP contribution in [0, 0.1) is 0 Å². The summed E-state index contributed by atoms with van der Waals surface area (Å²) in [7, 11) is 0. The lowest BCUT2D eigenvalue weighted by atomic mass is 10.1. The van der Waals surface area contributed by atoms with E-state index in [4.69, 9.17) is 4.74 Å². The van der Waals surface area contributed by atoms with E-state index in [1.54, 1.807) is 12.1 Å². The van der Waals surface area contributed by atoms with E-state index in [9.17, 15) is 4.79 Å². The van der Waals surface area contributed by atoms with Crippen molar-refractivity contribution in [1.29, 1.82) is 0 Å². The van der Waals surface area contributed by atoms with Crippen molar-refractivity contribution in [1.82, 2.24) is 5.32 Å². The van der Waals surface area contributed by atoms with E-state index in [0.29, 0.717) is 12.1 Å². The van der Waals surface area contributed by atoms with Gasteiger partial charge in [-0.15, -0.1) is 0 Å². The average molecular weight is 221 g/mol. The molecule has 16 heavy (non-hydrogen) atoms. The molecule has 0 radical (unpaired) electrons. The number of hydrogen-bond donors (Lipinski definition) is 1. The molecule has 88 valence electrons. The van der Waals surface area contributed by atoms with Crippen molar-refractivity contribution in [2.45, 2.75) is 33.3 Å². The van der Waals surface area contributed by atoms with Crippen LogP contribution in [0.4, 0.5) is 0 Å². The molecule has 0 aromatic heterocycles. The predicted molar refractivity (Wildman–Crippen MR) is 64.8 cm³/mol. The van der Waals surface area contributed by atoms with Crippen LogP contribution in [0.25, 0.3) is 0 Å². The van der Waals surface area contributed by atoms with E-state index in [0.717, 1.165) is 5.75 Å². The number of carbonyl (C=O) groups excluding carboxylic acids is 1. The third-order valence-corrected chi connectivity index (χ3v) is 1.86. The maximum Gasteiger partial charge on any atom is 0.251 e. The Kier molecular flexibility index (Phi) is 3.93. The van der Waals surface area contributed by atoms with Gasteiger partial charge in [-0.2, -0.15) is 0 Å². The van der Waals surface area contributed by atoms with Crippen LogP contribution in [-0.4, -0.2) is 18.1 Å². The van der Waals surface area contributed by atoms with Crippen LogP contribution in [0.1, 0.15) is 38.1 Å². The summed E-state index contributed by atoms with van der Waals surface area (Å²) in [4.78, 5) is 11.6. The number of rotatable bonds is 3. The summed E-state index contributed by atoms with van der Waals surface area (Å²) in [5.41, 5.74) is 0.378. The average Bonchev–Trinajstić information content (AvgIpc) is 2.16.